The van der Waals surface area contributed by atoms with Crippen LogP contribution in [0.3, 0.4) is 0 Å². The van der Waals surface area contributed by atoms with Gasteiger partial charge in [-0.2, -0.15) is 0 Å². The van der Waals surface area contributed by atoms with E-state index in [1.807, 2.05) is 67.6 Å². The standard InChI is InChI=1S/C23H16O2/c1-15-10-12-16(13-11-15)22(24)23(25)21-19-8-4-2-6-17(19)14-18-7-3-5-9-20(18)21/h2-14H,1H3. The summed E-state index contributed by atoms with van der Waals surface area (Å²) in [6, 6.07) is 24.6. The maximum Gasteiger partial charge on any atom is 0.234 e. The van der Waals surface area contributed by atoms with Crippen LogP contribution in [0.4, 0.5) is 0 Å². The van der Waals surface area contributed by atoms with Crippen LogP contribution in [0.15, 0.2) is 78.9 Å². The molecule has 0 aliphatic rings. The Morgan fingerprint density at radius 2 is 1.16 bits per heavy atom. The second-order valence-electron chi connectivity index (χ2n) is 6.22. The highest BCUT2D eigenvalue weighted by Gasteiger charge is 2.22. The number of Topliss-reactive ketones (excluding diaryl/α,β-unsaturated/α-hetero) is 2. The third kappa shape index (κ3) is 2.62. The van der Waals surface area contributed by atoms with Crippen molar-refractivity contribution in [3.63, 3.8) is 0 Å². The summed E-state index contributed by atoms with van der Waals surface area (Å²) in [4.78, 5) is 25.9. The van der Waals surface area contributed by atoms with Crippen molar-refractivity contribution in [2.75, 3.05) is 0 Å². The molecular weight excluding hydrogens is 308 g/mol. The molecule has 0 aliphatic heterocycles. The molecule has 25 heavy (non-hydrogen) atoms. The van der Waals surface area contributed by atoms with Crippen molar-refractivity contribution in [1.29, 1.82) is 0 Å². The van der Waals surface area contributed by atoms with Crippen LogP contribution in [0.5, 0.6) is 0 Å². The molecule has 4 aromatic rings. The van der Waals surface area contributed by atoms with Gasteiger partial charge in [-0.15, -0.1) is 0 Å². The first-order valence-electron chi connectivity index (χ1n) is 8.21. The fraction of sp³-hybridized carbons (Fsp3) is 0.0435. The molecular formula is C23H16O2. The van der Waals surface area contributed by atoms with E-state index >= 15 is 0 Å². The number of fused-ring (bicyclic) bond motifs is 2. The van der Waals surface area contributed by atoms with Gasteiger partial charge in [-0.3, -0.25) is 9.59 Å². The lowest BCUT2D eigenvalue weighted by molar-refractivity contribution is 0.0819. The van der Waals surface area contributed by atoms with Crippen molar-refractivity contribution >= 4 is 33.1 Å². The number of benzene rings is 4. The van der Waals surface area contributed by atoms with Gasteiger partial charge in [0.25, 0.3) is 0 Å². The van der Waals surface area contributed by atoms with Crippen LogP contribution >= 0.6 is 0 Å². The van der Waals surface area contributed by atoms with Gasteiger partial charge in [-0.1, -0.05) is 78.4 Å². The van der Waals surface area contributed by atoms with E-state index in [4.69, 9.17) is 0 Å². The molecule has 0 aromatic heterocycles. The highest BCUT2D eigenvalue weighted by molar-refractivity contribution is 6.52. The molecule has 2 heteroatoms. The minimum atomic E-state index is -0.471. The zero-order valence-electron chi connectivity index (χ0n) is 13.8. The van der Waals surface area contributed by atoms with E-state index in [0.717, 1.165) is 27.1 Å². The molecule has 0 radical (unpaired) electrons. The maximum absolute atomic E-state index is 13.1. The molecule has 120 valence electrons. The van der Waals surface area contributed by atoms with Gasteiger partial charge in [0, 0.05) is 11.1 Å². The minimum Gasteiger partial charge on any atom is -0.285 e. The molecule has 0 fully saturated rings. The average Bonchev–Trinajstić information content (AvgIpc) is 2.65. The van der Waals surface area contributed by atoms with Crippen LogP contribution in [0, 0.1) is 6.92 Å². The summed E-state index contributed by atoms with van der Waals surface area (Å²) in [5.41, 5.74) is 1.96. The monoisotopic (exact) mass is 324 g/mol. The van der Waals surface area contributed by atoms with Crippen molar-refractivity contribution in [1.82, 2.24) is 0 Å². The fourth-order valence-corrected chi connectivity index (χ4v) is 3.21. The molecule has 4 aromatic carbocycles. The van der Waals surface area contributed by atoms with Gasteiger partial charge >= 0.3 is 0 Å². The van der Waals surface area contributed by atoms with Gasteiger partial charge in [0.15, 0.2) is 0 Å². The Morgan fingerprint density at radius 1 is 0.640 bits per heavy atom. The fourth-order valence-electron chi connectivity index (χ4n) is 3.21. The topological polar surface area (TPSA) is 34.1 Å². The first kappa shape index (κ1) is 15.3. The van der Waals surface area contributed by atoms with Crippen LogP contribution in [0.25, 0.3) is 21.5 Å². The first-order chi connectivity index (χ1) is 12.1. The summed E-state index contributed by atoms with van der Waals surface area (Å²) in [7, 11) is 0. The molecule has 0 saturated heterocycles. The van der Waals surface area contributed by atoms with Crippen LogP contribution in [0.1, 0.15) is 26.3 Å². The Balaban J connectivity index is 1.96. The van der Waals surface area contributed by atoms with Crippen molar-refractivity contribution < 1.29 is 9.59 Å². The summed E-state index contributed by atoms with van der Waals surface area (Å²) < 4.78 is 0. The second-order valence-corrected chi connectivity index (χ2v) is 6.22. The number of carbonyl (C=O) groups is 2. The molecule has 0 unspecified atom stereocenters. The van der Waals surface area contributed by atoms with Crippen LogP contribution in [-0.2, 0) is 0 Å². The third-order valence-electron chi connectivity index (χ3n) is 4.52. The Hall–Kier alpha value is -3.26. The maximum atomic E-state index is 13.1. The minimum absolute atomic E-state index is 0.424. The SMILES string of the molecule is Cc1ccc(C(=O)C(=O)c2c3ccccc3cc3ccccc23)cc1. The van der Waals surface area contributed by atoms with E-state index in [2.05, 4.69) is 6.07 Å². The molecule has 0 heterocycles. The van der Waals surface area contributed by atoms with Crippen molar-refractivity contribution in [2.45, 2.75) is 6.92 Å². The smallest absolute Gasteiger partial charge is 0.234 e. The Bertz CT molecular complexity index is 1070. The van der Waals surface area contributed by atoms with Crippen molar-refractivity contribution in [3.05, 3.63) is 95.6 Å². The summed E-state index contributed by atoms with van der Waals surface area (Å²) in [5.74, 6) is -0.932. The summed E-state index contributed by atoms with van der Waals surface area (Å²) in [6.07, 6.45) is 0. The van der Waals surface area contributed by atoms with E-state index < -0.39 is 11.6 Å². The predicted octanol–water partition coefficient (Wildman–Crippen LogP) is 5.37. The van der Waals surface area contributed by atoms with Crippen LogP contribution in [-0.4, -0.2) is 11.6 Å². The lowest BCUT2D eigenvalue weighted by Gasteiger charge is -2.10. The molecule has 0 atom stereocenters. The van der Waals surface area contributed by atoms with Gasteiger partial charge in [-0.05, 0) is 34.5 Å². The molecule has 0 saturated carbocycles. The number of hydrogen-bond donors (Lipinski definition) is 0. The summed E-state index contributed by atoms with van der Waals surface area (Å²) >= 11 is 0. The van der Waals surface area contributed by atoms with Gasteiger partial charge in [-0.25, -0.2) is 0 Å². The van der Waals surface area contributed by atoms with E-state index in [1.54, 1.807) is 12.1 Å². The number of hydrogen-bond acceptors (Lipinski definition) is 2. The summed E-state index contributed by atoms with van der Waals surface area (Å²) in [6.45, 7) is 1.95. The van der Waals surface area contributed by atoms with Crippen molar-refractivity contribution in [3.8, 4) is 0 Å². The van der Waals surface area contributed by atoms with Gasteiger partial charge in [0.1, 0.15) is 0 Å². The number of aryl methyl sites for hydroxylation is 1. The number of rotatable bonds is 3. The highest BCUT2D eigenvalue weighted by Crippen LogP contribution is 2.29. The van der Waals surface area contributed by atoms with Gasteiger partial charge in [0.05, 0.1) is 0 Å². The second kappa shape index (κ2) is 5.99. The third-order valence-corrected chi connectivity index (χ3v) is 4.52. The quantitative estimate of drug-likeness (QED) is 0.288. The largest absolute Gasteiger partial charge is 0.285 e. The van der Waals surface area contributed by atoms with E-state index in [1.165, 1.54) is 0 Å². The zero-order valence-corrected chi connectivity index (χ0v) is 13.8. The lowest BCUT2D eigenvalue weighted by atomic mass is 9.91. The number of carbonyl (C=O) groups excluding carboxylic acids is 2. The molecule has 0 aliphatic carbocycles. The van der Waals surface area contributed by atoms with Crippen LogP contribution in [0.2, 0.25) is 0 Å². The van der Waals surface area contributed by atoms with Gasteiger partial charge in [0.2, 0.25) is 11.6 Å². The Labute approximate surface area is 145 Å². The Morgan fingerprint density at radius 3 is 1.72 bits per heavy atom. The predicted molar refractivity (Wildman–Crippen MR) is 101 cm³/mol. The summed E-state index contributed by atoms with van der Waals surface area (Å²) in [5, 5.41) is 3.54. The van der Waals surface area contributed by atoms with E-state index in [9.17, 15) is 9.59 Å². The molecule has 0 bridgehead atoms. The molecule has 4 rings (SSSR count). The lowest BCUT2D eigenvalue weighted by Crippen LogP contribution is -2.15. The highest BCUT2D eigenvalue weighted by atomic mass is 16.2. The van der Waals surface area contributed by atoms with Crippen molar-refractivity contribution in [2.24, 2.45) is 0 Å². The average molecular weight is 324 g/mol. The van der Waals surface area contributed by atoms with Crippen LogP contribution < -0.4 is 0 Å². The molecule has 0 spiro atoms. The number of ketones is 2. The first-order valence-corrected chi connectivity index (χ1v) is 8.21. The molecule has 2 nitrogen and oxygen atoms in total. The molecule has 0 N–H and O–H groups in total. The van der Waals surface area contributed by atoms with E-state index in [0.29, 0.717) is 11.1 Å². The Kier molecular flexibility index (Phi) is 3.66. The zero-order chi connectivity index (χ0) is 17.4. The normalized spacial score (nSPS) is 10.9. The molecule has 0 amide bonds. The van der Waals surface area contributed by atoms with Gasteiger partial charge < -0.3 is 0 Å². The van der Waals surface area contributed by atoms with E-state index in [-0.39, 0.29) is 0 Å².